The topological polar surface area (TPSA) is 83.9 Å². The number of carboxylic acids is 1. The smallest absolute Gasteiger partial charge is 0.305 e. The molecule has 2 heterocycles. The van der Waals surface area contributed by atoms with Crippen molar-refractivity contribution >= 4 is 17.8 Å². The molecule has 0 aromatic carbocycles. The van der Waals surface area contributed by atoms with Gasteiger partial charge >= 0.3 is 5.97 Å². The molecule has 1 N–H and O–H groups in total. The van der Waals surface area contributed by atoms with Crippen LogP contribution in [0.15, 0.2) is 0 Å². The average molecular weight is 253 g/mol. The average Bonchev–Trinajstić information content (AvgIpc) is 2.69. The Labute approximate surface area is 104 Å². The molecule has 2 atom stereocenters. The number of likely N-dealkylation sites (tertiary alicyclic amines) is 1. The van der Waals surface area contributed by atoms with Gasteiger partial charge in [-0.3, -0.25) is 19.3 Å². The normalized spacial score (nSPS) is 33.4. The standard InChI is InChI=1S/C12H15NO5/c14-9(15)6-12(4-1-5-12)13-10(16)7-2-3-8(18-7)11(13)17/h7-8H,1-6H2,(H,14,15). The molecule has 1 aliphatic carbocycles. The van der Waals surface area contributed by atoms with Crippen LogP contribution in [-0.2, 0) is 19.1 Å². The Bertz CT molecular complexity index is 406. The molecule has 3 fully saturated rings. The molecule has 0 aromatic heterocycles. The van der Waals surface area contributed by atoms with E-state index in [0.717, 1.165) is 6.42 Å². The third-order valence-electron chi connectivity index (χ3n) is 4.25. The van der Waals surface area contributed by atoms with E-state index in [2.05, 4.69) is 0 Å². The van der Waals surface area contributed by atoms with Crippen LogP contribution in [0.5, 0.6) is 0 Å². The molecule has 2 aliphatic heterocycles. The first-order valence-corrected chi connectivity index (χ1v) is 6.29. The fourth-order valence-electron chi connectivity index (χ4n) is 3.21. The first-order valence-electron chi connectivity index (χ1n) is 6.29. The second kappa shape index (κ2) is 3.78. The number of nitrogens with zero attached hydrogens (tertiary/aromatic N) is 1. The second-order valence-electron chi connectivity index (χ2n) is 5.35. The van der Waals surface area contributed by atoms with Gasteiger partial charge in [-0.1, -0.05) is 0 Å². The summed E-state index contributed by atoms with van der Waals surface area (Å²) in [7, 11) is 0. The number of ether oxygens (including phenoxy) is 1. The van der Waals surface area contributed by atoms with Gasteiger partial charge in [0.2, 0.25) is 0 Å². The minimum atomic E-state index is -0.964. The summed E-state index contributed by atoms with van der Waals surface area (Å²) in [6, 6.07) is 0. The molecule has 3 rings (SSSR count). The summed E-state index contributed by atoms with van der Waals surface area (Å²) in [5.41, 5.74) is -0.787. The van der Waals surface area contributed by atoms with Crippen molar-refractivity contribution in [3.05, 3.63) is 0 Å². The highest BCUT2D eigenvalue weighted by atomic mass is 16.5. The molecule has 1 saturated carbocycles. The number of fused-ring (bicyclic) bond motifs is 2. The van der Waals surface area contributed by atoms with E-state index in [4.69, 9.17) is 9.84 Å². The van der Waals surface area contributed by atoms with Gasteiger partial charge in [0.05, 0.1) is 12.0 Å². The van der Waals surface area contributed by atoms with Crippen molar-refractivity contribution in [2.24, 2.45) is 0 Å². The molecule has 6 heteroatoms. The lowest BCUT2D eigenvalue weighted by atomic mass is 9.72. The van der Waals surface area contributed by atoms with Crippen LogP contribution in [0.3, 0.4) is 0 Å². The number of carbonyl (C=O) groups is 3. The maximum Gasteiger partial charge on any atom is 0.305 e. The SMILES string of the molecule is O=C(O)CC1(N2C(=O)C3CCC(O3)C2=O)CCC1. The van der Waals surface area contributed by atoms with Crippen molar-refractivity contribution in [1.82, 2.24) is 4.90 Å². The zero-order chi connectivity index (χ0) is 12.9. The quantitative estimate of drug-likeness (QED) is 0.731. The summed E-state index contributed by atoms with van der Waals surface area (Å²) in [6.45, 7) is 0. The molecule has 2 unspecified atom stereocenters. The third-order valence-corrected chi connectivity index (χ3v) is 4.25. The van der Waals surface area contributed by atoms with E-state index in [-0.39, 0.29) is 18.2 Å². The molecule has 0 spiro atoms. The number of amides is 2. The molecule has 0 radical (unpaired) electrons. The van der Waals surface area contributed by atoms with Crippen LogP contribution in [0.1, 0.15) is 38.5 Å². The fourth-order valence-corrected chi connectivity index (χ4v) is 3.21. The Hall–Kier alpha value is -1.43. The van der Waals surface area contributed by atoms with Crippen molar-refractivity contribution in [3.63, 3.8) is 0 Å². The molecule has 98 valence electrons. The number of morpholine rings is 1. The highest BCUT2D eigenvalue weighted by Crippen LogP contribution is 2.44. The molecular formula is C12H15NO5. The van der Waals surface area contributed by atoms with Gasteiger partial charge in [-0.2, -0.15) is 0 Å². The summed E-state index contributed by atoms with van der Waals surface area (Å²) in [4.78, 5) is 36.6. The van der Waals surface area contributed by atoms with Crippen LogP contribution in [0.4, 0.5) is 0 Å². The zero-order valence-electron chi connectivity index (χ0n) is 9.92. The van der Waals surface area contributed by atoms with Crippen molar-refractivity contribution in [1.29, 1.82) is 0 Å². The number of hydrogen-bond donors (Lipinski definition) is 1. The maximum absolute atomic E-state index is 12.2. The van der Waals surface area contributed by atoms with Crippen LogP contribution in [-0.4, -0.2) is 45.5 Å². The van der Waals surface area contributed by atoms with Crippen molar-refractivity contribution in [2.45, 2.75) is 56.3 Å². The number of rotatable bonds is 3. The van der Waals surface area contributed by atoms with Gasteiger partial charge in [-0.25, -0.2) is 0 Å². The Balaban J connectivity index is 1.91. The van der Waals surface area contributed by atoms with Gasteiger partial charge in [0.25, 0.3) is 11.8 Å². The summed E-state index contributed by atoms with van der Waals surface area (Å²) < 4.78 is 5.33. The Morgan fingerprint density at radius 3 is 2.22 bits per heavy atom. The Morgan fingerprint density at radius 2 is 1.83 bits per heavy atom. The Kier molecular flexibility index (Phi) is 2.45. The molecule has 2 saturated heterocycles. The molecule has 0 aromatic rings. The monoisotopic (exact) mass is 253 g/mol. The predicted molar refractivity (Wildman–Crippen MR) is 58.6 cm³/mol. The molecule has 18 heavy (non-hydrogen) atoms. The lowest BCUT2D eigenvalue weighted by Crippen LogP contribution is -2.65. The first-order chi connectivity index (χ1) is 8.53. The molecule has 2 bridgehead atoms. The number of carbonyl (C=O) groups excluding carboxylic acids is 2. The number of carboxylic acid groups (broad SMARTS) is 1. The molecule has 6 nitrogen and oxygen atoms in total. The van der Waals surface area contributed by atoms with Gasteiger partial charge in [0.15, 0.2) is 0 Å². The van der Waals surface area contributed by atoms with Crippen LogP contribution >= 0.6 is 0 Å². The van der Waals surface area contributed by atoms with Crippen molar-refractivity contribution < 1.29 is 24.2 Å². The van der Waals surface area contributed by atoms with E-state index >= 15 is 0 Å². The maximum atomic E-state index is 12.2. The molecule has 3 aliphatic rings. The molecule has 2 amide bonds. The minimum Gasteiger partial charge on any atom is -0.481 e. The van der Waals surface area contributed by atoms with Gasteiger partial charge in [-0.15, -0.1) is 0 Å². The first kappa shape index (κ1) is 11.6. The van der Waals surface area contributed by atoms with E-state index in [1.165, 1.54) is 4.90 Å². The van der Waals surface area contributed by atoms with Crippen molar-refractivity contribution in [2.75, 3.05) is 0 Å². The van der Waals surface area contributed by atoms with Crippen LogP contribution < -0.4 is 0 Å². The second-order valence-corrected chi connectivity index (χ2v) is 5.35. The number of aliphatic carboxylic acids is 1. The summed E-state index contributed by atoms with van der Waals surface area (Å²) in [5, 5.41) is 8.98. The van der Waals surface area contributed by atoms with Gasteiger partial charge < -0.3 is 9.84 Å². The van der Waals surface area contributed by atoms with E-state index in [1.807, 2.05) is 0 Å². The lowest BCUT2D eigenvalue weighted by Gasteiger charge is -2.50. The zero-order valence-corrected chi connectivity index (χ0v) is 9.92. The van der Waals surface area contributed by atoms with E-state index in [9.17, 15) is 14.4 Å². The fraction of sp³-hybridized carbons (Fsp3) is 0.750. The third kappa shape index (κ3) is 1.48. The largest absolute Gasteiger partial charge is 0.481 e. The van der Waals surface area contributed by atoms with E-state index in [1.54, 1.807) is 0 Å². The molecular weight excluding hydrogens is 238 g/mol. The lowest BCUT2D eigenvalue weighted by molar-refractivity contribution is -0.182. The van der Waals surface area contributed by atoms with Crippen LogP contribution in [0, 0.1) is 0 Å². The van der Waals surface area contributed by atoms with E-state index < -0.39 is 23.7 Å². The number of hydrogen-bond acceptors (Lipinski definition) is 4. The predicted octanol–water partition coefficient (Wildman–Crippen LogP) is 0.300. The van der Waals surface area contributed by atoms with E-state index in [0.29, 0.717) is 25.7 Å². The number of imide groups is 1. The Morgan fingerprint density at radius 1 is 1.28 bits per heavy atom. The van der Waals surface area contributed by atoms with Crippen LogP contribution in [0.25, 0.3) is 0 Å². The van der Waals surface area contributed by atoms with Gasteiger partial charge in [-0.05, 0) is 32.1 Å². The van der Waals surface area contributed by atoms with Gasteiger partial charge in [0, 0.05) is 0 Å². The summed E-state index contributed by atoms with van der Waals surface area (Å²) in [5.74, 6) is -1.64. The van der Waals surface area contributed by atoms with Gasteiger partial charge in [0.1, 0.15) is 12.2 Å². The minimum absolute atomic E-state index is 0.149. The highest BCUT2D eigenvalue weighted by Gasteiger charge is 2.56. The summed E-state index contributed by atoms with van der Waals surface area (Å²) >= 11 is 0. The van der Waals surface area contributed by atoms with Crippen molar-refractivity contribution in [3.8, 4) is 0 Å². The highest BCUT2D eigenvalue weighted by molar-refractivity contribution is 6.03. The summed E-state index contributed by atoms with van der Waals surface area (Å²) in [6.07, 6.45) is 1.94. The van der Waals surface area contributed by atoms with Crippen LogP contribution in [0.2, 0.25) is 0 Å².